The highest BCUT2D eigenvalue weighted by molar-refractivity contribution is 7.99. The van der Waals surface area contributed by atoms with Crippen LogP contribution in [0.5, 0.6) is 0 Å². The zero-order valence-corrected chi connectivity index (χ0v) is 13.7. The van der Waals surface area contributed by atoms with Crippen LogP contribution in [0.2, 0.25) is 0 Å². The molecule has 1 N–H and O–H groups in total. The first kappa shape index (κ1) is 16.7. The molecule has 1 aliphatic rings. The van der Waals surface area contributed by atoms with Crippen molar-refractivity contribution in [3.63, 3.8) is 0 Å². The first-order chi connectivity index (χ1) is 10.7. The minimum atomic E-state index is -0.243. The molecule has 0 aliphatic carbocycles. The van der Waals surface area contributed by atoms with Crippen molar-refractivity contribution in [2.75, 3.05) is 37.4 Å². The Balaban J connectivity index is 1.82. The van der Waals surface area contributed by atoms with E-state index in [4.69, 9.17) is 0 Å². The van der Waals surface area contributed by atoms with E-state index in [1.165, 1.54) is 12.0 Å². The Kier molecular flexibility index (Phi) is 6.58. The second-order valence-electron chi connectivity index (χ2n) is 5.12. The van der Waals surface area contributed by atoms with E-state index in [-0.39, 0.29) is 11.9 Å². The van der Waals surface area contributed by atoms with Crippen LogP contribution < -0.4 is 10.2 Å². The van der Waals surface area contributed by atoms with Crippen molar-refractivity contribution in [1.29, 1.82) is 0 Å². The third kappa shape index (κ3) is 4.94. The second-order valence-corrected chi connectivity index (χ2v) is 6.26. The van der Waals surface area contributed by atoms with Crippen LogP contribution in [0.3, 0.4) is 0 Å². The van der Waals surface area contributed by atoms with Gasteiger partial charge in [-0.2, -0.15) is 0 Å². The van der Waals surface area contributed by atoms with Gasteiger partial charge < -0.3 is 15.0 Å². The van der Waals surface area contributed by atoms with Gasteiger partial charge in [-0.15, -0.1) is 11.8 Å². The van der Waals surface area contributed by atoms with Crippen LogP contribution in [0.1, 0.15) is 19.3 Å². The van der Waals surface area contributed by atoms with Crippen molar-refractivity contribution >= 4 is 29.3 Å². The predicted octanol–water partition coefficient (Wildman–Crippen LogP) is 2.06. The Morgan fingerprint density at radius 3 is 3.00 bits per heavy atom. The third-order valence-corrected chi connectivity index (χ3v) is 4.63. The van der Waals surface area contributed by atoms with E-state index in [1.807, 2.05) is 23.9 Å². The molecule has 6 heteroatoms. The number of ether oxygens (including phenoxy) is 1. The average Bonchev–Trinajstić information content (AvgIpc) is 2.74. The van der Waals surface area contributed by atoms with E-state index < -0.39 is 0 Å². The van der Waals surface area contributed by atoms with E-state index in [9.17, 15) is 9.59 Å². The molecule has 1 aromatic carbocycles. The van der Waals surface area contributed by atoms with Gasteiger partial charge in [-0.3, -0.25) is 9.59 Å². The summed E-state index contributed by atoms with van der Waals surface area (Å²) in [5.41, 5.74) is 1.13. The molecule has 1 heterocycles. The molecule has 0 aromatic heterocycles. The molecule has 0 fully saturated rings. The van der Waals surface area contributed by atoms with Gasteiger partial charge >= 0.3 is 5.97 Å². The molecule has 1 amide bonds. The van der Waals surface area contributed by atoms with Crippen LogP contribution in [0.4, 0.5) is 5.69 Å². The summed E-state index contributed by atoms with van der Waals surface area (Å²) in [6.45, 7) is 1.74. The number of hydrogen-bond donors (Lipinski definition) is 1. The quantitative estimate of drug-likeness (QED) is 0.642. The van der Waals surface area contributed by atoms with Crippen LogP contribution in [0.25, 0.3) is 0 Å². The van der Waals surface area contributed by atoms with Crippen molar-refractivity contribution in [1.82, 2.24) is 5.32 Å². The summed E-state index contributed by atoms with van der Waals surface area (Å²) in [6, 6.07) is 8.21. The summed E-state index contributed by atoms with van der Waals surface area (Å²) in [5, 5.41) is 2.87. The normalized spacial score (nSPS) is 14.0. The predicted molar refractivity (Wildman–Crippen MR) is 88.3 cm³/mol. The molecule has 0 atom stereocenters. The summed E-state index contributed by atoms with van der Waals surface area (Å²) >= 11 is 1.84. The van der Waals surface area contributed by atoms with Crippen LogP contribution >= 0.6 is 11.8 Å². The number of para-hydroxylation sites is 1. The largest absolute Gasteiger partial charge is 0.469 e. The fraction of sp³-hybridized carbons (Fsp3) is 0.500. The summed E-state index contributed by atoms with van der Waals surface area (Å²) in [6.07, 6.45) is 2.00. The van der Waals surface area contributed by atoms with E-state index in [0.717, 1.165) is 24.4 Å². The number of fused-ring (bicyclic) bond motifs is 1. The lowest BCUT2D eigenvalue weighted by molar-refractivity contribution is -0.140. The molecular weight excluding hydrogens is 300 g/mol. The molecule has 0 saturated carbocycles. The number of methoxy groups -OCH3 is 1. The Hall–Kier alpha value is -1.69. The molecule has 5 nitrogen and oxygen atoms in total. The number of hydrogen-bond acceptors (Lipinski definition) is 5. The lowest BCUT2D eigenvalue weighted by Gasteiger charge is -2.23. The van der Waals surface area contributed by atoms with Crippen molar-refractivity contribution in [2.24, 2.45) is 0 Å². The van der Waals surface area contributed by atoms with Crippen molar-refractivity contribution < 1.29 is 14.3 Å². The van der Waals surface area contributed by atoms with Crippen molar-refractivity contribution in [2.45, 2.75) is 24.2 Å². The topological polar surface area (TPSA) is 58.6 Å². The number of rotatable bonds is 6. The minimum absolute atomic E-state index is 0.00781. The van der Waals surface area contributed by atoms with Crippen LogP contribution in [0.15, 0.2) is 29.2 Å². The maximum atomic E-state index is 12.1. The Morgan fingerprint density at radius 1 is 1.36 bits per heavy atom. The van der Waals surface area contributed by atoms with Gasteiger partial charge in [-0.1, -0.05) is 12.1 Å². The molecule has 1 aromatic rings. The lowest BCUT2D eigenvalue weighted by Crippen LogP contribution is -2.38. The highest BCUT2D eigenvalue weighted by Crippen LogP contribution is 2.33. The number of carbonyl (C=O) groups is 2. The molecular formula is C16H22N2O3S. The van der Waals surface area contributed by atoms with E-state index in [0.29, 0.717) is 25.9 Å². The van der Waals surface area contributed by atoms with Gasteiger partial charge in [0.15, 0.2) is 0 Å². The van der Waals surface area contributed by atoms with Crippen LogP contribution in [0, 0.1) is 0 Å². The fourth-order valence-corrected chi connectivity index (χ4v) is 3.37. The van der Waals surface area contributed by atoms with Gasteiger partial charge in [-0.25, -0.2) is 0 Å². The Morgan fingerprint density at radius 2 is 2.18 bits per heavy atom. The number of nitrogens with zero attached hydrogens (tertiary/aromatic N) is 1. The molecule has 0 bridgehead atoms. The van der Waals surface area contributed by atoms with E-state index in [1.54, 1.807) is 0 Å². The summed E-state index contributed by atoms with van der Waals surface area (Å²) in [7, 11) is 1.37. The third-order valence-electron chi connectivity index (χ3n) is 3.48. The molecule has 0 saturated heterocycles. The van der Waals surface area contributed by atoms with Crippen LogP contribution in [-0.4, -0.2) is 44.4 Å². The molecule has 0 unspecified atom stereocenters. The number of anilines is 1. The zero-order chi connectivity index (χ0) is 15.8. The smallest absolute Gasteiger partial charge is 0.305 e. The maximum Gasteiger partial charge on any atom is 0.305 e. The molecule has 0 radical (unpaired) electrons. The highest BCUT2D eigenvalue weighted by Gasteiger charge is 2.17. The average molecular weight is 322 g/mol. The van der Waals surface area contributed by atoms with Gasteiger partial charge in [0, 0.05) is 24.4 Å². The summed E-state index contributed by atoms with van der Waals surface area (Å²) < 4.78 is 4.57. The number of benzene rings is 1. The second kappa shape index (κ2) is 8.68. The molecule has 2 rings (SSSR count). The molecule has 120 valence electrons. The Bertz CT molecular complexity index is 522. The number of nitrogens with one attached hydrogen (secondary N) is 1. The summed E-state index contributed by atoms with van der Waals surface area (Å²) in [4.78, 5) is 26.4. The molecule has 0 spiro atoms. The first-order valence-electron chi connectivity index (χ1n) is 7.51. The lowest BCUT2D eigenvalue weighted by atomic mass is 10.2. The Labute approximate surface area is 135 Å². The van der Waals surface area contributed by atoms with E-state index in [2.05, 4.69) is 27.1 Å². The number of carbonyl (C=O) groups excluding carboxylic acids is 2. The van der Waals surface area contributed by atoms with Crippen molar-refractivity contribution in [3.05, 3.63) is 24.3 Å². The number of amides is 1. The standard InChI is InChI=1S/C16H22N2O3S/c1-21-16(20)8-4-9-17-15(19)12-18-10-5-11-22-14-7-3-2-6-13(14)18/h2-3,6-7H,4-5,8-12H2,1H3,(H,17,19). The summed E-state index contributed by atoms with van der Waals surface area (Å²) in [5.74, 6) is 0.827. The van der Waals surface area contributed by atoms with Gasteiger partial charge in [0.25, 0.3) is 0 Å². The SMILES string of the molecule is COC(=O)CCCNC(=O)CN1CCCSc2ccccc21. The highest BCUT2D eigenvalue weighted by atomic mass is 32.2. The van der Waals surface area contributed by atoms with Gasteiger partial charge in [0.05, 0.1) is 19.3 Å². The first-order valence-corrected chi connectivity index (χ1v) is 8.49. The number of esters is 1. The van der Waals surface area contributed by atoms with Gasteiger partial charge in [-0.05, 0) is 30.7 Å². The zero-order valence-electron chi connectivity index (χ0n) is 12.8. The van der Waals surface area contributed by atoms with Crippen LogP contribution in [-0.2, 0) is 14.3 Å². The van der Waals surface area contributed by atoms with Gasteiger partial charge in [0.2, 0.25) is 5.91 Å². The number of thioether (sulfide) groups is 1. The monoisotopic (exact) mass is 322 g/mol. The molecule has 1 aliphatic heterocycles. The molecule has 22 heavy (non-hydrogen) atoms. The van der Waals surface area contributed by atoms with E-state index >= 15 is 0 Å². The maximum absolute atomic E-state index is 12.1. The van der Waals surface area contributed by atoms with Crippen molar-refractivity contribution in [3.8, 4) is 0 Å². The fourth-order valence-electron chi connectivity index (χ4n) is 2.35. The minimum Gasteiger partial charge on any atom is -0.469 e. The van der Waals surface area contributed by atoms with Gasteiger partial charge in [0.1, 0.15) is 0 Å².